The minimum absolute atomic E-state index is 0.169. The van der Waals surface area contributed by atoms with Crippen molar-refractivity contribution >= 4 is 5.97 Å². The van der Waals surface area contributed by atoms with Crippen molar-refractivity contribution < 1.29 is 14.3 Å². The van der Waals surface area contributed by atoms with Crippen LogP contribution < -0.4 is 5.32 Å². The predicted octanol–water partition coefficient (Wildman–Crippen LogP) is -0.462. The molecule has 11 heavy (non-hydrogen) atoms. The average Bonchev–Trinajstić information content (AvgIpc) is 1.94. The number of nitrogens with one attached hydrogen (secondary N) is 1. The third kappa shape index (κ3) is 2.86. The third-order valence-electron chi connectivity index (χ3n) is 1.63. The number of carbonyl (C=O) groups is 1. The molecular formula is C7H13NO3. The Kier molecular flexibility index (Phi) is 3.32. The molecule has 1 aliphatic rings. The summed E-state index contributed by atoms with van der Waals surface area (Å²) in [6.07, 6.45) is 0.438. The number of carbonyl (C=O) groups excluding carboxylic acids is 1. The first-order valence-corrected chi connectivity index (χ1v) is 3.71. The maximum Gasteiger partial charge on any atom is 0.306 e. The molecule has 0 aromatic carbocycles. The quantitative estimate of drug-likeness (QED) is 0.564. The maximum absolute atomic E-state index is 10.6. The van der Waals surface area contributed by atoms with E-state index < -0.39 is 0 Å². The molecular weight excluding hydrogens is 146 g/mol. The van der Waals surface area contributed by atoms with Gasteiger partial charge in [0.25, 0.3) is 0 Å². The van der Waals surface area contributed by atoms with Crippen molar-refractivity contribution in [3.05, 3.63) is 0 Å². The molecule has 4 heteroatoms. The van der Waals surface area contributed by atoms with Gasteiger partial charge in [-0.3, -0.25) is 4.79 Å². The summed E-state index contributed by atoms with van der Waals surface area (Å²) in [5.41, 5.74) is 0. The van der Waals surface area contributed by atoms with Gasteiger partial charge >= 0.3 is 5.97 Å². The summed E-state index contributed by atoms with van der Waals surface area (Å²) in [7, 11) is 1.40. The van der Waals surface area contributed by atoms with Gasteiger partial charge in [0, 0.05) is 6.54 Å². The topological polar surface area (TPSA) is 47.6 Å². The normalized spacial score (nSPS) is 17.5. The van der Waals surface area contributed by atoms with E-state index in [2.05, 4.69) is 10.1 Å². The third-order valence-corrected chi connectivity index (χ3v) is 1.63. The first-order chi connectivity index (χ1) is 5.33. The van der Waals surface area contributed by atoms with Gasteiger partial charge in [-0.1, -0.05) is 0 Å². The molecule has 0 bridgehead atoms. The van der Waals surface area contributed by atoms with Crippen molar-refractivity contribution in [2.45, 2.75) is 12.5 Å². The Morgan fingerprint density at radius 2 is 2.45 bits per heavy atom. The van der Waals surface area contributed by atoms with Crippen LogP contribution in [-0.2, 0) is 14.3 Å². The highest BCUT2D eigenvalue weighted by Gasteiger charge is 2.16. The number of rotatable bonds is 4. The van der Waals surface area contributed by atoms with E-state index in [1.54, 1.807) is 0 Å². The number of esters is 1. The molecule has 1 N–H and O–H groups in total. The molecule has 64 valence electrons. The van der Waals surface area contributed by atoms with Gasteiger partial charge < -0.3 is 14.8 Å². The molecule has 0 aromatic rings. The summed E-state index contributed by atoms with van der Waals surface area (Å²) in [6, 6.07) is 0.444. The van der Waals surface area contributed by atoms with Gasteiger partial charge in [-0.25, -0.2) is 0 Å². The highest BCUT2D eigenvalue weighted by Crippen LogP contribution is 1.98. The molecule has 0 spiro atoms. The van der Waals surface area contributed by atoms with Gasteiger partial charge in [0.2, 0.25) is 0 Å². The Balaban J connectivity index is 1.90. The van der Waals surface area contributed by atoms with Crippen molar-refractivity contribution in [1.29, 1.82) is 0 Å². The second kappa shape index (κ2) is 4.31. The lowest BCUT2D eigenvalue weighted by Crippen LogP contribution is -2.46. The van der Waals surface area contributed by atoms with E-state index in [1.807, 2.05) is 0 Å². The standard InChI is InChI=1S/C7H13NO3/c1-10-7(9)2-3-8-6-4-11-5-6/h6,8H,2-5H2,1H3. The summed E-state index contributed by atoms with van der Waals surface area (Å²) >= 11 is 0. The lowest BCUT2D eigenvalue weighted by Gasteiger charge is -2.26. The maximum atomic E-state index is 10.6. The lowest BCUT2D eigenvalue weighted by molar-refractivity contribution is -0.140. The Morgan fingerprint density at radius 3 is 2.91 bits per heavy atom. The lowest BCUT2D eigenvalue weighted by atomic mass is 10.2. The zero-order valence-electron chi connectivity index (χ0n) is 6.63. The van der Waals surface area contributed by atoms with Gasteiger partial charge in [-0.05, 0) is 0 Å². The Hall–Kier alpha value is -0.610. The van der Waals surface area contributed by atoms with E-state index in [-0.39, 0.29) is 5.97 Å². The Bertz CT molecular complexity index is 134. The van der Waals surface area contributed by atoms with Gasteiger partial charge in [-0.15, -0.1) is 0 Å². The monoisotopic (exact) mass is 159 g/mol. The first-order valence-electron chi connectivity index (χ1n) is 3.71. The molecule has 0 unspecified atom stereocenters. The van der Waals surface area contributed by atoms with E-state index in [9.17, 15) is 4.79 Å². The molecule has 1 rings (SSSR count). The average molecular weight is 159 g/mol. The van der Waals surface area contributed by atoms with E-state index >= 15 is 0 Å². The molecule has 0 aliphatic carbocycles. The van der Waals surface area contributed by atoms with Gasteiger partial charge in [0.1, 0.15) is 0 Å². The number of hydrogen-bond acceptors (Lipinski definition) is 4. The molecule has 1 heterocycles. The van der Waals surface area contributed by atoms with Crippen LogP contribution in [0.3, 0.4) is 0 Å². The molecule has 1 fully saturated rings. The van der Waals surface area contributed by atoms with E-state index in [4.69, 9.17) is 4.74 Å². The van der Waals surface area contributed by atoms with Crippen molar-refractivity contribution in [1.82, 2.24) is 5.32 Å². The van der Waals surface area contributed by atoms with Crippen LogP contribution >= 0.6 is 0 Å². The highest BCUT2D eigenvalue weighted by atomic mass is 16.5. The van der Waals surface area contributed by atoms with Crippen molar-refractivity contribution in [3.63, 3.8) is 0 Å². The molecule has 0 radical (unpaired) electrons. The van der Waals surface area contributed by atoms with Crippen LogP contribution in [0.25, 0.3) is 0 Å². The van der Waals surface area contributed by atoms with E-state index in [1.165, 1.54) is 7.11 Å². The number of methoxy groups -OCH3 is 1. The zero-order chi connectivity index (χ0) is 8.10. The fourth-order valence-corrected chi connectivity index (χ4v) is 0.834. The molecule has 0 atom stereocenters. The number of hydrogen-bond donors (Lipinski definition) is 1. The minimum atomic E-state index is -0.169. The summed E-state index contributed by atoms with van der Waals surface area (Å²) in [6.45, 7) is 2.21. The largest absolute Gasteiger partial charge is 0.469 e. The van der Waals surface area contributed by atoms with Gasteiger partial charge in [0.15, 0.2) is 0 Å². The van der Waals surface area contributed by atoms with Crippen LogP contribution in [0.2, 0.25) is 0 Å². The fourth-order valence-electron chi connectivity index (χ4n) is 0.834. The van der Waals surface area contributed by atoms with Crippen molar-refractivity contribution in [2.24, 2.45) is 0 Å². The Labute approximate surface area is 65.9 Å². The van der Waals surface area contributed by atoms with Crippen LogP contribution in [0.1, 0.15) is 6.42 Å². The van der Waals surface area contributed by atoms with E-state index in [0.717, 1.165) is 13.2 Å². The van der Waals surface area contributed by atoms with Crippen molar-refractivity contribution in [2.75, 3.05) is 26.9 Å². The molecule has 1 saturated heterocycles. The molecule has 0 amide bonds. The van der Waals surface area contributed by atoms with Crippen LogP contribution in [0.5, 0.6) is 0 Å². The molecule has 0 aromatic heterocycles. The van der Waals surface area contributed by atoms with Crippen LogP contribution in [-0.4, -0.2) is 38.9 Å². The fraction of sp³-hybridized carbons (Fsp3) is 0.857. The van der Waals surface area contributed by atoms with Crippen LogP contribution in [0.4, 0.5) is 0 Å². The van der Waals surface area contributed by atoms with Crippen molar-refractivity contribution in [3.8, 4) is 0 Å². The smallest absolute Gasteiger partial charge is 0.306 e. The molecule has 4 nitrogen and oxygen atoms in total. The number of ether oxygens (including phenoxy) is 2. The summed E-state index contributed by atoms with van der Waals surface area (Å²) in [4.78, 5) is 10.6. The molecule has 1 aliphatic heterocycles. The highest BCUT2D eigenvalue weighted by molar-refractivity contribution is 5.69. The van der Waals surface area contributed by atoms with E-state index in [0.29, 0.717) is 19.0 Å². The second-order valence-corrected chi connectivity index (χ2v) is 2.51. The summed E-state index contributed by atoms with van der Waals surface area (Å²) in [5.74, 6) is -0.169. The van der Waals surface area contributed by atoms with Gasteiger partial charge in [0.05, 0.1) is 32.8 Å². The van der Waals surface area contributed by atoms with Crippen LogP contribution in [0.15, 0.2) is 0 Å². The predicted molar refractivity (Wildman–Crippen MR) is 39.2 cm³/mol. The summed E-state index contributed by atoms with van der Waals surface area (Å²) in [5, 5.41) is 3.16. The molecule has 0 saturated carbocycles. The summed E-state index contributed by atoms with van der Waals surface area (Å²) < 4.78 is 9.41. The first kappa shape index (κ1) is 8.49. The minimum Gasteiger partial charge on any atom is -0.469 e. The van der Waals surface area contributed by atoms with Crippen LogP contribution in [0, 0.1) is 0 Å². The SMILES string of the molecule is COC(=O)CCNC1COC1. The zero-order valence-corrected chi connectivity index (χ0v) is 6.63. The van der Waals surface area contributed by atoms with Gasteiger partial charge in [-0.2, -0.15) is 0 Å². The Morgan fingerprint density at radius 1 is 1.73 bits per heavy atom. The second-order valence-electron chi connectivity index (χ2n) is 2.51.